The maximum absolute atomic E-state index is 12.9. The lowest BCUT2D eigenvalue weighted by molar-refractivity contribution is 0.0602. The molecule has 0 unspecified atom stereocenters. The lowest BCUT2D eigenvalue weighted by atomic mass is 10.1. The van der Waals surface area contributed by atoms with Crippen LogP contribution in [-0.4, -0.2) is 19.0 Å². The summed E-state index contributed by atoms with van der Waals surface area (Å²) in [5, 5.41) is 11.9. The van der Waals surface area contributed by atoms with Crippen LogP contribution in [0.2, 0.25) is 0 Å². The molecule has 2 aromatic carbocycles. The van der Waals surface area contributed by atoms with Crippen molar-refractivity contribution in [1.82, 2.24) is 0 Å². The molecule has 6 nitrogen and oxygen atoms in total. The van der Waals surface area contributed by atoms with Crippen LogP contribution in [0.3, 0.4) is 0 Å². The van der Waals surface area contributed by atoms with E-state index in [0.717, 1.165) is 14.9 Å². The predicted octanol–water partition coefficient (Wildman–Crippen LogP) is 5.44. The van der Waals surface area contributed by atoms with Gasteiger partial charge >= 0.3 is 5.97 Å². The zero-order valence-corrected chi connectivity index (χ0v) is 18.1. The summed E-state index contributed by atoms with van der Waals surface area (Å²) in [5.74, 6) is -1.10. The zero-order valence-electron chi connectivity index (χ0n) is 15.7. The second kappa shape index (κ2) is 8.25. The van der Waals surface area contributed by atoms with Gasteiger partial charge in [0.05, 0.1) is 12.7 Å². The van der Waals surface area contributed by atoms with Gasteiger partial charge in [0.25, 0.3) is 5.91 Å². The molecule has 0 radical (unpaired) electrons. The molecule has 150 valence electrons. The first kappa shape index (κ1) is 20.1. The van der Waals surface area contributed by atoms with Gasteiger partial charge in [0.15, 0.2) is 0 Å². The number of carbonyl (C=O) groups excluding carboxylic acids is 2. The van der Waals surface area contributed by atoms with Crippen molar-refractivity contribution in [3.8, 4) is 10.4 Å². The van der Waals surface area contributed by atoms with Gasteiger partial charge in [-0.1, -0.05) is 46.3 Å². The standard InChI is InChI=1S/C22H15BrN2O4S/c1-28-22(27)16-11-18(12-5-3-2-4-6-12)30-21(16)25-20(26)15-10-13-9-14(23)7-8-17(13)29-19(15)24/h2-11,24H,1H3,(H,25,26). The zero-order chi connectivity index (χ0) is 21.3. The second-order valence-corrected chi connectivity index (χ2v) is 8.30. The number of halogens is 1. The van der Waals surface area contributed by atoms with Crippen molar-refractivity contribution in [1.29, 1.82) is 5.41 Å². The number of thiophene rings is 1. The van der Waals surface area contributed by atoms with Crippen molar-refractivity contribution in [2.75, 3.05) is 12.4 Å². The summed E-state index contributed by atoms with van der Waals surface area (Å²) in [4.78, 5) is 26.0. The van der Waals surface area contributed by atoms with E-state index < -0.39 is 11.9 Å². The second-order valence-electron chi connectivity index (χ2n) is 6.34. The average Bonchev–Trinajstić information content (AvgIpc) is 3.17. The first-order valence-electron chi connectivity index (χ1n) is 8.83. The molecule has 8 heteroatoms. The monoisotopic (exact) mass is 482 g/mol. The fraction of sp³-hybridized carbons (Fsp3) is 0.0455. The SMILES string of the molecule is COC(=O)c1cc(-c2ccccc2)sc1NC(=O)c1cc2cc(Br)ccc2oc1=N. The number of methoxy groups -OCH3 is 1. The largest absolute Gasteiger partial charge is 0.465 e. The predicted molar refractivity (Wildman–Crippen MR) is 119 cm³/mol. The lowest BCUT2D eigenvalue weighted by Gasteiger charge is -2.06. The fourth-order valence-electron chi connectivity index (χ4n) is 2.94. The highest BCUT2D eigenvalue weighted by Gasteiger charge is 2.21. The molecule has 0 aliphatic heterocycles. The minimum atomic E-state index is -0.554. The Balaban J connectivity index is 1.73. The van der Waals surface area contributed by atoms with E-state index in [-0.39, 0.29) is 16.7 Å². The van der Waals surface area contributed by atoms with E-state index >= 15 is 0 Å². The number of benzene rings is 2. The third kappa shape index (κ3) is 3.92. The molecule has 2 heterocycles. The van der Waals surface area contributed by atoms with Gasteiger partial charge in [0.1, 0.15) is 16.1 Å². The number of carbonyl (C=O) groups is 2. The summed E-state index contributed by atoms with van der Waals surface area (Å²) < 4.78 is 11.2. The Kier molecular flexibility index (Phi) is 5.52. The Morgan fingerprint density at radius 1 is 1.07 bits per heavy atom. The number of fused-ring (bicyclic) bond motifs is 1. The molecule has 0 bridgehead atoms. The van der Waals surface area contributed by atoms with Gasteiger partial charge in [-0.05, 0) is 35.9 Å². The van der Waals surface area contributed by atoms with E-state index in [1.165, 1.54) is 18.4 Å². The molecule has 4 rings (SSSR count). The van der Waals surface area contributed by atoms with Gasteiger partial charge < -0.3 is 14.5 Å². The molecule has 0 aliphatic carbocycles. The Morgan fingerprint density at radius 3 is 2.57 bits per heavy atom. The van der Waals surface area contributed by atoms with Crippen LogP contribution in [0.15, 0.2) is 69.6 Å². The molecule has 0 atom stereocenters. The molecule has 0 saturated carbocycles. The summed E-state index contributed by atoms with van der Waals surface area (Å²) in [7, 11) is 1.29. The Morgan fingerprint density at radius 2 is 1.83 bits per heavy atom. The molecular formula is C22H15BrN2O4S. The third-order valence-corrected chi connectivity index (χ3v) is 5.99. The summed E-state index contributed by atoms with van der Waals surface area (Å²) in [6, 6.07) is 18.1. The first-order chi connectivity index (χ1) is 14.5. The number of esters is 1. The minimum Gasteiger partial charge on any atom is -0.465 e. The van der Waals surface area contributed by atoms with Crippen LogP contribution in [0.1, 0.15) is 20.7 Å². The van der Waals surface area contributed by atoms with Crippen LogP contribution in [0.4, 0.5) is 5.00 Å². The molecule has 0 aliphatic rings. The maximum atomic E-state index is 12.9. The third-order valence-electron chi connectivity index (χ3n) is 4.40. The number of anilines is 1. The van der Waals surface area contributed by atoms with Crippen LogP contribution in [0, 0.1) is 5.41 Å². The summed E-state index contributed by atoms with van der Waals surface area (Å²) in [6.07, 6.45) is 0. The number of amides is 1. The van der Waals surface area contributed by atoms with Crippen LogP contribution in [0.5, 0.6) is 0 Å². The van der Waals surface area contributed by atoms with Crippen LogP contribution < -0.4 is 10.9 Å². The molecule has 1 amide bonds. The van der Waals surface area contributed by atoms with Crippen LogP contribution in [0.25, 0.3) is 21.4 Å². The van der Waals surface area contributed by atoms with Crippen molar-refractivity contribution in [3.63, 3.8) is 0 Å². The Hall–Kier alpha value is -3.23. The number of hydrogen-bond acceptors (Lipinski definition) is 6. The molecule has 0 saturated heterocycles. The van der Waals surface area contributed by atoms with Gasteiger partial charge in [-0.15, -0.1) is 11.3 Å². The molecule has 30 heavy (non-hydrogen) atoms. The van der Waals surface area contributed by atoms with Gasteiger partial charge in [0, 0.05) is 14.7 Å². The minimum absolute atomic E-state index is 0.0612. The highest BCUT2D eigenvalue weighted by molar-refractivity contribution is 9.10. The summed E-state index contributed by atoms with van der Waals surface area (Å²) in [6.45, 7) is 0. The van der Waals surface area contributed by atoms with Crippen molar-refractivity contribution in [3.05, 3.63) is 81.8 Å². The first-order valence-corrected chi connectivity index (χ1v) is 10.4. The smallest absolute Gasteiger partial charge is 0.340 e. The lowest BCUT2D eigenvalue weighted by Crippen LogP contribution is -2.21. The van der Waals surface area contributed by atoms with Gasteiger partial charge in [-0.25, -0.2) is 4.79 Å². The molecule has 0 spiro atoms. The van der Waals surface area contributed by atoms with Gasteiger partial charge in [-0.2, -0.15) is 0 Å². The summed E-state index contributed by atoms with van der Waals surface area (Å²) >= 11 is 4.64. The number of ether oxygens (including phenoxy) is 1. The van der Waals surface area contributed by atoms with E-state index in [1.807, 2.05) is 30.3 Å². The van der Waals surface area contributed by atoms with Crippen LogP contribution in [-0.2, 0) is 4.74 Å². The van der Waals surface area contributed by atoms with E-state index in [2.05, 4.69) is 21.2 Å². The molecular weight excluding hydrogens is 468 g/mol. The van der Waals surface area contributed by atoms with Crippen molar-refractivity contribution >= 4 is 55.1 Å². The molecule has 4 aromatic rings. The molecule has 2 aromatic heterocycles. The van der Waals surface area contributed by atoms with Crippen LogP contribution >= 0.6 is 27.3 Å². The molecule has 2 N–H and O–H groups in total. The van der Waals surface area contributed by atoms with E-state index in [4.69, 9.17) is 14.6 Å². The van der Waals surface area contributed by atoms with Crippen molar-refractivity contribution < 1.29 is 18.7 Å². The van der Waals surface area contributed by atoms with E-state index in [1.54, 1.807) is 30.3 Å². The summed E-state index contributed by atoms with van der Waals surface area (Å²) in [5.41, 5.74) is 1.46. The molecule has 0 fully saturated rings. The Bertz CT molecular complexity index is 1330. The average molecular weight is 483 g/mol. The fourth-order valence-corrected chi connectivity index (χ4v) is 4.37. The van der Waals surface area contributed by atoms with E-state index in [0.29, 0.717) is 16.0 Å². The highest BCUT2D eigenvalue weighted by Crippen LogP contribution is 2.36. The maximum Gasteiger partial charge on any atom is 0.340 e. The van der Waals surface area contributed by atoms with E-state index in [9.17, 15) is 9.59 Å². The number of hydrogen-bond donors (Lipinski definition) is 2. The topological polar surface area (TPSA) is 92.4 Å². The van der Waals surface area contributed by atoms with Gasteiger partial charge in [-0.3, -0.25) is 10.2 Å². The number of nitrogens with one attached hydrogen (secondary N) is 2. The highest BCUT2D eigenvalue weighted by atomic mass is 79.9. The Labute approximate surface area is 183 Å². The normalized spacial score (nSPS) is 10.7. The quantitative estimate of drug-likeness (QED) is 0.378. The number of rotatable bonds is 4. The van der Waals surface area contributed by atoms with Crippen molar-refractivity contribution in [2.45, 2.75) is 0 Å². The van der Waals surface area contributed by atoms with Crippen molar-refractivity contribution in [2.24, 2.45) is 0 Å². The van der Waals surface area contributed by atoms with Gasteiger partial charge in [0.2, 0.25) is 5.55 Å².